The van der Waals surface area contributed by atoms with Crippen molar-refractivity contribution in [2.75, 3.05) is 20.3 Å². The molecule has 9 heteroatoms. The molecule has 21 heavy (non-hydrogen) atoms. The Labute approximate surface area is 118 Å². The second-order valence-electron chi connectivity index (χ2n) is 4.09. The minimum atomic E-state index is -0.812. The summed E-state index contributed by atoms with van der Waals surface area (Å²) < 4.78 is 16.6. The van der Waals surface area contributed by atoms with Crippen LogP contribution in [0.25, 0.3) is 6.20 Å². The molecule has 0 amide bonds. The molecule has 1 aromatic rings. The number of esters is 1. The highest BCUT2D eigenvalue weighted by Crippen LogP contribution is 2.18. The third kappa shape index (κ3) is 3.27. The number of aliphatic hydroxyl groups excluding tert-OH is 1. The van der Waals surface area contributed by atoms with Gasteiger partial charge in [-0.2, -0.15) is 0 Å². The summed E-state index contributed by atoms with van der Waals surface area (Å²) in [6, 6.07) is 1.15. The van der Waals surface area contributed by atoms with Gasteiger partial charge in [0.2, 0.25) is 0 Å². The smallest absolute Gasteiger partial charge is 0.337 e. The molecule has 2 rings (SSSR count). The Morgan fingerprint density at radius 3 is 2.95 bits per heavy atom. The van der Waals surface area contributed by atoms with E-state index < -0.39 is 29.7 Å². The molecule has 0 radical (unpaired) electrons. The molecule has 1 N–H and O–H groups in total. The van der Waals surface area contributed by atoms with Crippen LogP contribution in [0.1, 0.15) is 6.23 Å². The third-order valence-electron chi connectivity index (χ3n) is 2.80. The van der Waals surface area contributed by atoms with Crippen LogP contribution in [0.4, 0.5) is 0 Å². The highest BCUT2D eigenvalue weighted by atomic mass is 16.7. The molecule has 0 saturated carbocycles. The fourth-order valence-electron chi connectivity index (χ4n) is 1.75. The van der Waals surface area contributed by atoms with Gasteiger partial charge in [0.25, 0.3) is 5.56 Å². The topological polar surface area (TPSA) is 109 Å². The van der Waals surface area contributed by atoms with Crippen LogP contribution in [0.5, 0.6) is 0 Å². The van der Waals surface area contributed by atoms with Crippen molar-refractivity contribution in [3.8, 4) is 0 Å². The van der Waals surface area contributed by atoms with E-state index in [9.17, 15) is 14.4 Å². The zero-order valence-electron chi connectivity index (χ0n) is 11.2. The van der Waals surface area contributed by atoms with Crippen molar-refractivity contribution in [1.82, 2.24) is 9.13 Å². The zero-order chi connectivity index (χ0) is 15.4. The summed E-state index contributed by atoms with van der Waals surface area (Å²) >= 11 is 0. The molecule has 0 bridgehead atoms. The zero-order valence-corrected chi connectivity index (χ0v) is 11.2. The molecule has 1 saturated heterocycles. The van der Waals surface area contributed by atoms with Gasteiger partial charge in [0.05, 0.1) is 20.3 Å². The number of hydrogen-bond donors (Lipinski definition) is 1. The summed E-state index contributed by atoms with van der Waals surface area (Å²) in [4.78, 5) is 34.9. The molecule has 114 valence electrons. The van der Waals surface area contributed by atoms with Crippen molar-refractivity contribution in [1.29, 1.82) is 0 Å². The van der Waals surface area contributed by atoms with Crippen LogP contribution in [-0.2, 0) is 19.0 Å². The summed E-state index contributed by atoms with van der Waals surface area (Å²) in [5.74, 6) is -0.697. The van der Waals surface area contributed by atoms with Gasteiger partial charge in [-0.25, -0.2) is 14.2 Å². The molecular weight excluding hydrogens is 284 g/mol. The number of methoxy groups -OCH3 is 1. The summed E-state index contributed by atoms with van der Waals surface area (Å²) in [7, 11) is 1.18. The van der Waals surface area contributed by atoms with Crippen molar-refractivity contribution in [3.63, 3.8) is 0 Å². The van der Waals surface area contributed by atoms with E-state index >= 15 is 0 Å². The van der Waals surface area contributed by atoms with Crippen LogP contribution in [0.2, 0.25) is 0 Å². The minimum Gasteiger partial charge on any atom is -0.466 e. The maximum Gasteiger partial charge on any atom is 0.337 e. The first-order valence-electron chi connectivity index (χ1n) is 6.04. The van der Waals surface area contributed by atoms with Crippen molar-refractivity contribution in [3.05, 3.63) is 39.2 Å². The van der Waals surface area contributed by atoms with E-state index in [1.807, 2.05) is 0 Å². The van der Waals surface area contributed by atoms with Gasteiger partial charge in [0.15, 0.2) is 12.5 Å². The Bertz CT molecular complexity index is 660. The van der Waals surface area contributed by atoms with E-state index in [0.717, 1.165) is 27.5 Å². The lowest BCUT2D eigenvalue weighted by Crippen LogP contribution is -2.38. The van der Waals surface area contributed by atoms with Gasteiger partial charge in [-0.3, -0.25) is 9.36 Å². The molecule has 9 nitrogen and oxygen atoms in total. The van der Waals surface area contributed by atoms with Gasteiger partial charge < -0.3 is 19.3 Å². The number of hydrogen-bond acceptors (Lipinski definition) is 7. The lowest BCUT2D eigenvalue weighted by Gasteiger charge is -2.13. The minimum absolute atomic E-state index is 0.0596. The van der Waals surface area contributed by atoms with Crippen molar-refractivity contribution >= 4 is 12.2 Å². The first kappa shape index (κ1) is 15.2. The number of carbonyl (C=O) groups excluding carboxylic acids is 1. The normalized spacial score (nSPS) is 21.8. The van der Waals surface area contributed by atoms with Gasteiger partial charge in [-0.15, -0.1) is 0 Å². The number of aromatic nitrogens is 2. The summed E-state index contributed by atoms with van der Waals surface area (Å²) in [5, 5.41) is 8.92. The Balaban J connectivity index is 2.34. The summed E-state index contributed by atoms with van der Waals surface area (Å²) in [6.45, 7) is -0.281. The predicted octanol–water partition coefficient (Wildman–Crippen LogP) is -1.48. The summed E-state index contributed by atoms with van der Waals surface area (Å²) in [6.07, 6.45) is 1.67. The molecule has 1 fully saturated rings. The quantitative estimate of drug-likeness (QED) is 0.533. The van der Waals surface area contributed by atoms with Crippen LogP contribution in [0, 0.1) is 0 Å². The molecule has 2 heterocycles. The highest BCUT2D eigenvalue weighted by Gasteiger charge is 2.27. The lowest BCUT2D eigenvalue weighted by atomic mass is 10.5. The van der Waals surface area contributed by atoms with Gasteiger partial charge in [0, 0.05) is 24.5 Å². The first-order valence-corrected chi connectivity index (χ1v) is 6.04. The second-order valence-corrected chi connectivity index (χ2v) is 4.09. The van der Waals surface area contributed by atoms with Crippen molar-refractivity contribution < 1.29 is 24.1 Å². The molecule has 0 aromatic carbocycles. The lowest BCUT2D eigenvalue weighted by molar-refractivity contribution is -0.134. The number of nitrogens with zero attached hydrogens (tertiary/aromatic N) is 2. The van der Waals surface area contributed by atoms with Gasteiger partial charge in [-0.05, 0) is 0 Å². The van der Waals surface area contributed by atoms with E-state index in [1.165, 1.54) is 13.3 Å². The molecule has 1 aliphatic heterocycles. The number of aliphatic hydroxyl groups is 1. The highest BCUT2D eigenvalue weighted by molar-refractivity contribution is 5.84. The van der Waals surface area contributed by atoms with Crippen LogP contribution in [0.15, 0.2) is 27.9 Å². The second kappa shape index (κ2) is 6.48. The maximum atomic E-state index is 12.2. The van der Waals surface area contributed by atoms with Gasteiger partial charge >= 0.3 is 11.7 Å². The van der Waals surface area contributed by atoms with E-state index in [0.29, 0.717) is 0 Å². The third-order valence-corrected chi connectivity index (χ3v) is 2.80. The first-order chi connectivity index (χ1) is 10.1. The predicted molar refractivity (Wildman–Crippen MR) is 69.3 cm³/mol. The van der Waals surface area contributed by atoms with E-state index in [4.69, 9.17) is 14.6 Å². The summed E-state index contributed by atoms with van der Waals surface area (Å²) in [5.41, 5.74) is -1.30. The molecule has 0 aliphatic carbocycles. The van der Waals surface area contributed by atoms with Crippen LogP contribution in [-0.4, -0.2) is 46.8 Å². The molecule has 0 unspecified atom stereocenters. The Morgan fingerprint density at radius 1 is 1.57 bits per heavy atom. The number of ether oxygens (including phenoxy) is 3. The van der Waals surface area contributed by atoms with E-state index in [1.54, 1.807) is 0 Å². The van der Waals surface area contributed by atoms with Crippen LogP contribution >= 0.6 is 0 Å². The van der Waals surface area contributed by atoms with Crippen molar-refractivity contribution in [2.45, 2.75) is 12.5 Å². The Hall–Kier alpha value is -2.23. The fourth-order valence-corrected chi connectivity index (χ4v) is 1.75. The molecular formula is C12H14N2O7. The molecule has 2 atom stereocenters. The number of rotatable bonds is 4. The Morgan fingerprint density at radius 2 is 2.33 bits per heavy atom. The standard InChI is InChI=1S/C12H14N2O7/c1-19-10(17)3-5-13-8(16)2-4-14(12(13)18)9-7-20-11(6-15)21-9/h2-5,9,11,15H,6-7H2,1H3/t9-,11-/m1/s1. The van der Waals surface area contributed by atoms with Crippen LogP contribution in [0.3, 0.4) is 0 Å². The average Bonchev–Trinajstić information content (AvgIpc) is 2.95. The molecule has 1 aromatic heterocycles. The van der Waals surface area contributed by atoms with Gasteiger partial charge in [0.1, 0.15) is 0 Å². The number of carbonyl (C=O) groups is 1. The van der Waals surface area contributed by atoms with Crippen LogP contribution < -0.4 is 11.2 Å². The molecule has 1 aliphatic rings. The Kier molecular flexibility index (Phi) is 4.68. The average molecular weight is 298 g/mol. The SMILES string of the molecule is COC(=O)C=Cn1c(=O)ccn([C@H]2CO[C@@H](CO)O2)c1=O. The molecule has 0 spiro atoms. The largest absolute Gasteiger partial charge is 0.466 e. The van der Waals surface area contributed by atoms with E-state index in [-0.39, 0.29) is 13.2 Å². The monoisotopic (exact) mass is 298 g/mol. The van der Waals surface area contributed by atoms with Gasteiger partial charge in [-0.1, -0.05) is 0 Å². The maximum absolute atomic E-state index is 12.2. The fraction of sp³-hybridized carbons (Fsp3) is 0.417. The van der Waals surface area contributed by atoms with E-state index in [2.05, 4.69) is 4.74 Å². The van der Waals surface area contributed by atoms with Crippen molar-refractivity contribution in [2.24, 2.45) is 0 Å².